The minimum Gasteiger partial charge on any atom is -0.465 e. The number of rotatable bonds is 6. The van der Waals surface area contributed by atoms with Gasteiger partial charge in [-0.05, 0) is 29.8 Å². The van der Waals surface area contributed by atoms with Crippen molar-refractivity contribution in [2.24, 2.45) is 0 Å². The van der Waals surface area contributed by atoms with E-state index in [1.807, 2.05) is 0 Å². The van der Waals surface area contributed by atoms with E-state index < -0.39 is 17.8 Å². The highest BCUT2D eigenvalue weighted by Crippen LogP contribution is 2.32. The Kier molecular flexibility index (Phi) is 5.55. The first kappa shape index (κ1) is 18.2. The van der Waals surface area contributed by atoms with Crippen LogP contribution in [0.5, 0.6) is 11.5 Å². The van der Waals surface area contributed by atoms with Crippen LogP contribution >= 0.6 is 0 Å². The highest BCUT2D eigenvalue weighted by molar-refractivity contribution is 6.06. The summed E-state index contributed by atoms with van der Waals surface area (Å²) >= 11 is 0. The Morgan fingerprint density at radius 3 is 2.63 bits per heavy atom. The molecular formula is C19H18N2O6. The third-order valence-corrected chi connectivity index (χ3v) is 3.85. The molecule has 0 radical (unpaired) electrons. The van der Waals surface area contributed by atoms with E-state index in [0.29, 0.717) is 11.5 Å². The van der Waals surface area contributed by atoms with Gasteiger partial charge in [0.05, 0.1) is 18.4 Å². The number of carbonyl (C=O) groups is 3. The van der Waals surface area contributed by atoms with E-state index in [1.165, 1.54) is 13.2 Å². The number of benzene rings is 2. The molecule has 0 aliphatic carbocycles. The van der Waals surface area contributed by atoms with Crippen molar-refractivity contribution in [2.45, 2.75) is 13.0 Å². The van der Waals surface area contributed by atoms with Crippen molar-refractivity contribution in [3.05, 3.63) is 53.6 Å². The second-order valence-corrected chi connectivity index (χ2v) is 5.73. The number of methoxy groups -OCH3 is 1. The number of carbonyl (C=O) groups excluding carboxylic acids is 3. The van der Waals surface area contributed by atoms with Crippen molar-refractivity contribution in [2.75, 3.05) is 19.2 Å². The van der Waals surface area contributed by atoms with Crippen LogP contribution in [0.2, 0.25) is 0 Å². The van der Waals surface area contributed by atoms with Crippen LogP contribution in [0.4, 0.5) is 5.69 Å². The Morgan fingerprint density at radius 2 is 1.81 bits per heavy atom. The van der Waals surface area contributed by atoms with Crippen LogP contribution in [-0.4, -0.2) is 31.7 Å². The number of hydrogen-bond donors (Lipinski definition) is 2. The molecule has 0 saturated heterocycles. The summed E-state index contributed by atoms with van der Waals surface area (Å²) in [7, 11) is 1.25. The zero-order valence-electron chi connectivity index (χ0n) is 14.6. The highest BCUT2D eigenvalue weighted by Gasteiger charge is 2.16. The number of para-hydroxylation sites is 1. The van der Waals surface area contributed by atoms with E-state index in [9.17, 15) is 14.4 Å². The summed E-state index contributed by atoms with van der Waals surface area (Å²) < 4.78 is 15.2. The smallest absolute Gasteiger partial charge is 0.339 e. The first-order valence-corrected chi connectivity index (χ1v) is 8.19. The molecule has 0 fully saturated rings. The van der Waals surface area contributed by atoms with Gasteiger partial charge in [0, 0.05) is 6.54 Å². The van der Waals surface area contributed by atoms with Crippen molar-refractivity contribution < 1.29 is 28.6 Å². The van der Waals surface area contributed by atoms with Gasteiger partial charge in [0.25, 0.3) is 0 Å². The molecule has 0 unspecified atom stereocenters. The third-order valence-electron chi connectivity index (χ3n) is 3.85. The van der Waals surface area contributed by atoms with E-state index in [-0.39, 0.29) is 31.0 Å². The summed E-state index contributed by atoms with van der Waals surface area (Å²) in [6.45, 7) is 0.430. The molecule has 8 nitrogen and oxygen atoms in total. The van der Waals surface area contributed by atoms with Crippen LogP contribution in [-0.2, 0) is 20.9 Å². The molecule has 0 spiro atoms. The minimum atomic E-state index is -0.571. The maximum absolute atomic E-state index is 12.1. The van der Waals surface area contributed by atoms with Gasteiger partial charge in [0.1, 0.15) is 6.42 Å². The number of fused-ring (bicyclic) bond motifs is 1. The normalized spacial score (nSPS) is 11.6. The topological polar surface area (TPSA) is 103 Å². The van der Waals surface area contributed by atoms with E-state index in [4.69, 9.17) is 9.47 Å². The van der Waals surface area contributed by atoms with Crippen molar-refractivity contribution in [3.63, 3.8) is 0 Å². The summed E-state index contributed by atoms with van der Waals surface area (Å²) in [5.41, 5.74) is 1.33. The van der Waals surface area contributed by atoms with Gasteiger partial charge in [0.15, 0.2) is 11.5 Å². The monoisotopic (exact) mass is 370 g/mol. The molecule has 2 aromatic carbocycles. The minimum absolute atomic E-state index is 0.179. The molecule has 0 aromatic heterocycles. The van der Waals surface area contributed by atoms with Crippen LogP contribution in [0.1, 0.15) is 22.3 Å². The lowest BCUT2D eigenvalue weighted by Gasteiger charge is -2.10. The number of anilines is 1. The molecule has 0 atom stereocenters. The van der Waals surface area contributed by atoms with Crippen LogP contribution < -0.4 is 20.1 Å². The van der Waals surface area contributed by atoms with Crippen molar-refractivity contribution in [1.82, 2.24) is 5.32 Å². The van der Waals surface area contributed by atoms with Crippen molar-refractivity contribution in [1.29, 1.82) is 0 Å². The molecule has 1 aliphatic heterocycles. The van der Waals surface area contributed by atoms with Gasteiger partial charge in [-0.1, -0.05) is 18.2 Å². The lowest BCUT2D eigenvalue weighted by atomic mass is 10.1. The molecule has 3 rings (SSSR count). The van der Waals surface area contributed by atoms with Gasteiger partial charge in [-0.25, -0.2) is 4.79 Å². The van der Waals surface area contributed by atoms with E-state index in [0.717, 1.165) is 5.56 Å². The second-order valence-electron chi connectivity index (χ2n) is 5.73. The fourth-order valence-electron chi connectivity index (χ4n) is 2.53. The summed E-state index contributed by atoms with van der Waals surface area (Å²) in [6, 6.07) is 11.8. The summed E-state index contributed by atoms with van der Waals surface area (Å²) in [5, 5.41) is 5.22. The van der Waals surface area contributed by atoms with E-state index >= 15 is 0 Å². The number of amides is 2. The molecule has 1 heterocycles. The fraction of sp³-hybridized carbons (Fsp3) is 0.211. The quantitative estimate of drug-likeness (QED) is 0.594. The zero-order chi connectivity index (χ0) is 19.2. The molecule has 1 aliphatic rings. The number of hydrogen-bond acceptors (Lipinski definition) is 6. The molecule has 2 amide bonds. The van der Waals surface area contributed by atoms with Crippen LogP contribution in [0.25, 0.3) is 0 Å². The summed E-state index contributed by atoms with van der Waals surface area (Å²) in [4.78, 5) is 35.8. The predicted molar refractivity (Wildman–Crippen MR) is 95.4 cm³/mol. The summed E-state index contributed by atoms with van der Waals surface area (Å²) in [5.74, 6) is -0.263. The first-order chi connectivity index (χ1) is 13.1. The number of ether oxygens (including phenoxy) is 3. The lowest BCUT2D eigenvalue weighted by Crippen LogP contribution is -2.28. The van der Waals surface area contributed by atoms with Crippen LogP contribution in [0.15, 0.2) is 42.5 Å². The van der Waals surface area contributed by atoms with Gasteiger partial charge in [-0.3, -0.25) is 9.59 Å². The van der Waals surface area contributed by atoms with E-state index in [1.54, 1.807) is 36.4 Å². The zero-order valence-corrected chi connectivity index (χ0v) is 14.6. The molecule has 8 heteroatoms. The van der Waals surface area contributed by atoms with Gasteiger partial charge >= 0.3 is 5.97 Å². The van der Waals surface area contributed by atoms with Crippen LogP contribution in [0.3, 0.4) is 0 Å². The Labute approximate surface area is 155 Å². The third kappa shape index (κ3) is 4.55. The largest absolute Gasteiger partial charge is 0.465 e. The Balaban J connectivity index is 1.52. The molecule has 0 saturated carbocycles. The second kappa shape index (κ2) is 8.22. The van der Waals surface area contributed by atoms with E-state index in [2.05, 4.69) is 15.4 Å². The Hall–Kier alpha value is -3.55. The van der Waals surface area contributed by atoms with Gasteiger partial charge in [-0.15, -0.1) is 0 Å². The molecular weight excluding hydrogens is 352 g/mol. The van der Waals surface area contributed by atoms with Gasteiger partial charge in [0.2, 0.25) is 18.6 Å². The number of nitrogens with one attached hydrogen (secondary N) is 2. The number of esters is 1. The van der Waals surface area contributed by atoms with Gasteiger partial charge < -0.3 is 24.8 Å². The standard InChI is InChI=1S/C19H18N2O6/c1-25-19(24)13-4-2-3-5-14(13)21-18(23)9-17(22)20-10-12-6-7-15-16(8-12)27-11-26-15/h2-8H,9-11H2,1H3,(H,20,22)(H,21,23). The Morgan fingerprint density at radius 1 is 1.04 bits per heavy atom. The summed E-state index contributed by atoms with van der Waals surface area (Å²) in [6.07, 6.45) is -0.375. The molecule has 140 valence electrons. The maximum Gasteiger partial charge on any atom is 0.339 e. The SMILES string of the molecule is COC(=O)c1ccccc1NC(=O)CC(=O)NCc1ccc2c(c1)OCO2. The Bertz CT molecular complexity index is 880. The maximum atomic E-state index is 12.1. The van der Waals surface area contributed by atoms with Gasteiger partial charge in [-0.2, -0.15) is 0 Å². The molecule has 0 bridgehead atoms. The van der Waals surface area contributed by atoms with Crippen molar-refractivity contribution in [3.8, 4) is 11.5 Å². The molecule has 2 N–H and O–H groups in total. The molecule has 2 aromatic rings. The first-order valence-electron chi connectivity index (χ1n) is 8.19. The predicted octanol–water partition coefficient (Wildman–Crippen LogP) is 1.85. The molecule has 27 heavy (non-hydrogen) atoms. The average Bonchev–Trinajstić information content (AvgIpc) is 3.14. The van der Waals surface area contributed by atoms with Crippen molar-refractivity contribution >= 4 is 23.5 Å². The lowest BCUT2D eigenvalue weighted by molar-refractivity contribution is -0.126. The highest BCUT2D eigenvalue weighted by atomic mass is 16.7. The van der Waals surface area contributed by atoms with Crippen LogP contribution in [0, 0.1) is 0 Å². The fourth-order valence-corrected chi connectivity index (χ4v) is 2.53. The average molecular weight is 370 g/mol.